The van der Waals surface area contributed by atoms with E-state index in [1.807, 2.05) is 6.20 Å². The number of nitrogens with zero attached hydrogens (tertiary/aromatic N) is 2. The van der Waals surface area contributed by atoms with E-state index in [1.54, 1.807) is 0 Å². The summed E-state index contributed by atoms with van der Waals surface area (Å²) in [4.78, 5) is 12.4. The zero-order valence-electron chi connectivity index (χ0n) is 6.79. The van der Waals surface area contributed by atoms with Gasteiger partial charge in [0.15, 0.2) is 0 Å². The number of aromatic amines is 1. The van der Waals surface area contributed by atoms with E-state index in [0.717, 1.165) is 25.8 Å². The molecular weight excluding hydrogens is 154 g/mol. The lowest BCUT2D eigenvalue weighted by molar-refractivity contribution is -0.109. The molecule has 4 heteroatoms. The van der Waals surface area contributed by atoms with Gasteiger partial charge in [0.05, 0.1) is 12.7 Å². The van der Waals surface area contributed by atoms with Gasteiger partial charge in [-0.05, 0) is 0 Å². The summed E-state index contributed by atoms with van der Waals surface area (Å²) in [7, 11) is 0. The van der Waals surface area contributed by atoms with E-state index >= 15 is 0 Å². The second kappa shape index (κ2) is 3.06. The molecule has 1 aliphatic heterocycles. The molecule has 1 aromatic rings. The van der Waals surface area contributed by atoms with Crippen LogP contribution in [0.1, 0.15) is 11.3 Å². The highest BCUT2D eigenvalue weighted by Gasteiger charge is 2.16. The van der Waals surface area contributed by atoms with Crippen molar-refractivity contribution < 1.29 is 4.79 Å². The lowest BCUT2D eigenvalue weighted by atomic mass is 10.1. The van der Waals surface area contributed by atoms with Crippen LogP contribution < -0.4 is 0 Å². The van der Waals surface area contributed by atoms with E-state index in [9.17, 15) is 4.79 Å². The summed E-state index contributed by atoms with van der Waals surface area (Å²) in [5, 5.41) is 6.91. The van der Waals surface area contributed by atoms with Crippen LogP contribution in [0.4, 0.5) is 0 Å². The summed E-state index contributed by atoms with van der Waals surface area (Å²) in [6.45, 7) is 2.34. The van der Waals surface area contributed by atoms with Crippen LogP contribution >= 0.6 is 0 Å². The number of hydrogen-bond acceptors (Lipinski definition) is 3. The van der Waals surface area contributed by atoms with Crippen LogP contribution in [0.15, 0.2) is 6.20 Å². The van der Waals surface area contributed by atoms with Gasteiger partial charge in [-0.2, -0.15) is 5.10 Å². The highest BCUT2D eigenvalue weighted by molar-refractivity contribution is 5.52. The minimum atomic E-state index is 0.532. The Labute approximate surface area is 70.6 Å². The molecule has 1 aliphatic rings. The second-order valence-corrected chi connectivity index (χ2v) is 3.03. The van der Waals surface area contributed by atoms with Gasteiger partial charge in [-0.25, -0.2) is 0 Å². The standard InChI is InChI=1S/C8H11N3O/c12-4-3-11-2-1-8-7(6-11)5-9-10-8/h4-5H,1-3,6H2,(H,9,10). The third kappa shape index (κ3) is 1.25. The largest absolute Gasteiger partial charge is 0.302 e. The number of carbonyl (C=O) groups excluding carboxylic acids is 1. The summed E-state index contributed by atoms with van der Waals surface area (Å²) >= 11 is 0. The maximum atomic E-state index is 10.3. The molecule has 0 bridgehead atoms. The average molecular weight is 165 g/mol. The van der Waals surface area contributed by atoms with Crippen LogP contribution in [0.25, 0.3) is 0 Å². The quantitative estimate of drug-likeness (QED) is 0.626. The molecule has 0 fully saturated rings. The first-order chi connectivity index (χ1) is 5.90. The zero-order chi connectivity index (χ0) is 8.39. The number of H-pyrrole nitrogens is 1. The Bertz CT molecular complexity index is 282. The molecule has 2 heterocycles. The van der Waals surface area contributed by atoms with Gasteiger partial charge in [-0.3, -0.25) is 10.00 Å². The molecule has 4 nitrogen and oxygen atoms in total. The first-order valence-corrected chi connectivity index (χ1v) is 4.07. The smallest absolute Gasteiger partial charge is 0.133 e. The molecule has 12 heavy (non-hydrogen) atoms. The lowest BCUT2D eigenvalue weighted by Gasteiger charge is -2.23. The Morgan fingerprint density at radius 3 is 3.50 bits per heavy atom. The van der Waals surface area contributed by atoms with Gasteiger partial charge < -0.3 is 4.79 Å². The predicted octanol–water partition coefficient (Wildman–Crippen LogP) is -0.0333. The van der Waals surface area contributed by atoms with Gasteiger partial charge in [-0.15, -0.1) is 0 Å². The summed E-state index contributed by atoms with van der Waals surface area (Å²) < 4.78 is 0. The van der Waals surface area contributed by atoms with Crippen molar-refractivity contribution in [3.63, 3.8) is 0 Å². The zero-order valence-corrected chi connectivity index (χ0v) is 6.79. The average Bonchev–Trinajstić information content (AvgIpc) is 2.51. The van der Waals surface area contributed by atoms with Gasteiger partial charge in [0.1, 0.15) is 6.29 Å². The predicted molar refractivity (Wildman–Crippen MR) is 43.6 cm³/mol. The van der Waals surface area contributed by atoms with Crippen LogP contribution in [0.2, 0.25) is 0 Å². The number of fused-ring (bicyclic) bond motifs is 1. The molecule has 0 atom stereocenters. The van der Waals surface area contributed by atoms with Crippen LogP contribution in [0.5, 0.6) is 0 Å². The third-order valence-corrected chi connectivity index (χ3v) is 2.21. The Hall–Kier alpha value is -1.16. The molecule has 0 unspecified atom stereocenters. The van der Waals surface area contributed by atoms with Crippen LogP contribution in [0, 0.1) is 0 Å². The van der Waals surface area contributed by atoms with E-state index in [1.165, 1.54) is 11.3 Å². The molecule has 0 radical (unpaired) electrons. The Kier molecular flexibility index (Phi) is 1.91. The van der Waals surface area contributed by atoms with Gasteiger partial charge in [0.2, 0.25) is 0 Å². The second-order valence-electron chi connectivity index (χ2n) is 3.03. The Balaban J connectivity index is 2.09. The maximum absolute atomic E-state index is 10.3. The first kappa shape index (κ1) is 7.49. The molecule has 2 rings (SSSR count). The van der Waals surface area contributed by atoms with E-state index in [-0.39, 0.29) is 0 Å². The molecule has 0 saturated heterocycles. The summed E-state index contributed by atoms with van der Waals surface area (Å²) in [5.41, 5.74) is 2.44. The van der Waals surface area contributed by atoms with Crippen molar-refractivity contribution >= 4 is 6.29 Å². The molecule has 0 aromatic carbocycles. The van der Waals surface area contributed by atoms with Gasteiger partial charge in [0.25, 0.3) is 0 Å². The molecule has 1 aromatic heterocycles. The number of aldehydes is 1. The minimum absolute atomic E-state index is 0.532. The fraction of sp³-hybridized carbons (Fsp3) is 0.500. The summed E-state index contributed by atoms with van der Waals surface area (Å²) in [6, 6.07) is 0. The Morgan fingerprint density at radius 1 is 1.75 bits per heavy atom. The van der Waals surface area contributed by atoms with E-state index in [4.69, 9.17) is 0 Å². The first-order valence-electron chi connectivity index (χ1n) is 4.07. The van der Waals surface area contributed by atoms with Crippen molar-refractivity contribution in [1.82, 2.24) is 15.1 Å². The number of hydrogen-bond donors (Lipinski definition) is 1. The van der Waals surface area contributed by atoms with Gasteiger partial charge >= 0.3 is 0 Å². The normalized spacial score (nSPS) is 17.3. The van der Waals surface area contributed by atoms with Crippen molar-refractivity contribution in [1.29, 1.82) is 0 Å². The molecule has 64 valence electrons. The van der Waals surface area contributed by atoms with Crippen molar-refractivity contribution in [3.05, 3.63) is 17.5 Å². The fourth-order valence-electron chi connectivity index (χ4n) is 1.54. The summed E-state index contributed by atoms with van der Waals surface area (Å²) in [5.74, 6) is 0. The lowest BCUT2D eigenvalue weighted by Crippen LogP contribution is -2.31. The van der Waals surface area contributed by atoms with E-state index in [0.29, 0.717) is 6.54 Å². The van der Waals surface area contributed by atoms with Gasteiger partial charge in [-0.1, -0.05) is 0 Å². The SMILES string of the molecule is O=CCN1CCc2[nH]ncc2C1. The van der Waals surface area contributed by atoms with Crippen molar-refractivity contribution in [3.8, 4) is 0 Å². The van der Waals surface area contributed by atoms with Gasteiger partial charge in [0, 0.05) is 30.8 Å². The van der Waals surface area contributed by atoms with Crippen molar-refractivity contribution in [2.24, 2.45) is 0 Å². The van der Waals surface area contributed by atoms with Crippen LogP contribution in [-0.2, 0) is 17.8 Å². The van der Waals surface area contributed by atoms with E-state index < -0.39 is 0 Å². The molecule has 0 amide bonds. The third-order valence-electron chi connectivity index (χ3n) is 2.21. The van der Waals surface area contributed by atoms with Crippen molar-refractivity contribution in [2.45, 2.75) is 13.0 Å². The highest BCUT2D eigenvalue weighted by atomic mass is 16.1. The molecule has 0 spiro atoms. The molecular formula is C8H11N3O. The van der Waals surface area contributed by atoms with Crippen molar-refractivity contribution in [2.75, 3.05) is 13.1 Å². The number of carbonyl (C=O) groups is 1. The monoisotopic (exact) mass is 165 g/mol. The van der Waals surface area contributed by atoms with Crippen LogP contribution in [0.3, 0.4) is 0 Å². The molecule has 1 N–H and O–H groups in total. The fourth-order valence-corrected chi connectivity index (χ4v) is 1.54. The Morgan fingerprint density at radius 2 is 2.67 bits per heavy atom. The number of aromatic nitrogens is 2. The summed E-state index contributed by atoms with van der Waals surface area (Å²) in [6.07, 6.45) is 3.76. The minimum Gasteiger partial charge on any atom is -0.302 e. The maximum Gasteiger partial charge on any atom is 0.133 e. The number of rotatable bonds is 2. The van der Waals surface area contributed by atoms with Crippen LogP contribution in [-0.4, -0.2) is 34.5 Å². The molecule has 0 saturated carbocycles. The molecule has 0 aliphatic carbocycles. The topological polar surface area (TPSA) is 49.0 Å². The van der Waals surface area contributed by atoms with E-state index in [2.05, 4.69) is 15.1 Å². The highest BCUT2D eigenvalue weighted by Crippen LogP contribution is 2.14. The number of nitrogens with one attached hydrogen (secondary N) is 1.